The number of pyridine rings is 1. The number of piperidine rings is 1. The van der Waals surface area contributed by atoms with E-state index in [9.17, 15) is 4.79 Å². The molecule has 4 heterocycles. The van der Waals surface area contributed by atoms with E-state index in [2.05, 4.69) is 10.1 Å². The Kier molecular flexibility index (Phi) is 3.80. The molecule has 3 aromatic rings. The van der Waals surface area contributed by atoms with Gasteiger partial charge in [-0.1, -0.05) is 6.07 Å². The Balaban J connectivity index is 1.61. The highest BCUT2D eigenvalue weighted by Gasteiger charge is 2.29. The highest BCUT2D eigenvalue weighted by molar-refractivity contribution is 5.93. The fourth-order valence-corrected chi connectivity index (χ4v) is 3.48. The van der Waals surface area contributed by atoms with Crippen molar-refractivity contribution in [3.63, 3.8) is 0 Å². The number of hydrogen-bond donors (Lipinski definition) is 0. The summed E-state index contributed by atoms with van der Waals surface area (Å²) in [5.74, 6) is 0.0231. The number of carbonyl (C=O) groups is 1. The van der Waals surface area contributed by atoms with Crippen molar-refractivity contribution < 1.29 is 4.79 Å². The lowest BCUT2D eigenvalue weighted by atomic mass is 10.0. The van der Waals surface area contributed by atoms with Crippen molar-refractivity contribution in [1.29, 1.82) is 0 Å². The number of likely N-dealkylation sites (tertiary alicyclic amines) is 1. The molecule has 0 bridgehead atoms. The monoisotopic (exact) mass is 323 g/mol. The fourth-order valence-electron chi connectivity index (χ4n) is 3.48. The molecule has 0 saturated carbocycles. The van der Waals surface area contributed by atoms with E-state index < -0.39 is 0 Å². The molecule has 0 N–H and O–H groups in total. The Labute approximate surface area is 140 Å². The molecule has 0 aliphatic carbocycles. The van der Waals surface area contributed by atoms with Crippen LogP contribution in [0.1, 0.15) is 35.4 Å². The van der Waals surface area contributed by atoms with Crippen LogP contribution in [-0.4, -0.2) is 42.6 Å². The van der Waals surface area contributed by atoms with E-state index in [1.54, 1.807) is 6.20 Å². The van der Waals surface area contributed by atoms with Gasteiger partial charge in [-0.2, -0.15) is 5.10 Å². The van der Waals surface area contributed by atoms with Crippen LogP contribution in [0, 0.1) is 6.92 Å². The van der Waals surface area contributed by atoms with E-state index in [1.807, 2.05) is 57.6 Å². The highest BCUT2D eigenvalue weighted by atomic mass is 16.2. The zero-order valence-corrected chi connectivity index (χ0v) is 13.8. The number of fused-ring (bicyclic) bond motifs is 1. The first kappa shape index (κ1) is 14.9. The largest absolute Gasteiger partial charge is 0.332 e. The van der Waals surface area contributed by atoms with E-state index in [1.165, 1.54) is 0 Å². The summed E-state index contributed by atoms with van der Waals surface area (Å²) in [4.78, 5) is 19.5. The van der Waals surface area contributed by atoms with Gasteiger partial charge >= 0.3 is 0 Å². The van der Waals surface area contributed by atoms with Crippen molar-refractivity contribution in [2.24, 2.45) is 0 Å². The maximum Gasteiger partial charge on any atom is 0.274 e. The summed E-state index contributed by atoms with van der Waals surface area (Å²) in [7, 11) is 0. The van der Waals surface area contributed by atoms with Gasteiger partial charge in [-0.25, -0.2) is 4.98 Å². The normalized spacial score (nSPS) is 18.2. The SMILES string of the molecule is Cc1cccc2nc(C(=O)N3CCCC[C@H]3Cn3cccn3)cn12. The molecular weight excluding hydrogens is 302 g/mol. The van der Waals surface area contributed by atoms with Gasteiger partial charge in [-0.05, 0) is 44.4 Å². The number of rotatable bonds is 3. The highest BCUT2D eigenvalue weighted by Crippen LogP contribution is 2.21. The van der Waals surface area contributed by atoms with Gasteiger partial charge in [0.15, 0.2) is 0 Å². The molecule has 1 amide bonds. The molecule has 1 atom stereocenters. The Morgan fingerprint density at radius 3 is 3.00 bits per heavy atom. The minimum Gasteiger partial charge on any atom is -0.332 e. The van der Waals surface area contributed by atoms with E-state index in [0.717, 1.165) is 43.7 Å². The van der Waals surface area contributed by atoms with Crippen LogP contribution < -0.4 is 0 Å². The molecule has 3 aromatic heterocycles. The first-order chi connectivity index (χ1) is 11.7. The standard InChI is InChI=1S/C18H21N5O/c1-14-6-4-8-17-20-16(13-23(14)17)18(24)22-11-3-2-7-15(22)12-21-10-5-9-19-21/h4-6,8-10,13,15H,2-3,7,11-12H2,1H3/t15-/m0/s1. The zero-order valence-electron chi connectivity index (χ0n) is 13.8. The molecule has 0 unspecified atom stereocenters. The van der Waals surface area contributed by atoms with Crippen LogP contribution in [-0.2, 0) is 6.54 Å². The minimum absolute atomic E-state index is 0.0231. The van der Waals surface area contributed by atoms with Crippen molar-refractivity contribution in [2.75, 3.05) is 6.54 Å². The number of aryl methyl sites for hydroxylation is 1. The molecule has 0 spiro atoms. The third-order valence-electron chi connectivity index (χ3n) is 4.76. The van der Waals surface area contributed by atoms with E-state index in [0.29, 0.717) is 5.69 Å². The second-order valence-corrected chi connectivity index (χ2v) is 6.40. The number of amides is 1. The van der Waals surface area contributed by atoms with Crippen molar-refractivity contribution >= 4 is 11.6 Å². The first-order valence-electron chi connectivity index (χ1n) is 8.45. The topological polar surface area (TPSA) is 55.4 Å². The van der Waals surface area contributed by atoms with Gasteiger partial charge in [0.1, 0.15) is 11.3 Å². The number of hydrogen-bond acceptors (Lipinski definition) is 3. The summed E-state index contributed by atoms with van der Waals surface area (Å²) in [6.07, 6.45) is 8.80. The zero-order chi connectivity index (χ0) is 16.5. The van der Waals surface area contributed by atoms with Crippen LogP contribution in [0.4, 0.5) is 0 Å². The second-order valence-electron chi connectivity index (χ2n) is 6.40. The second kappa shape index (κ2) is 6.11. The van der Waals surface area contributed by atoms with E-state index >= 15 is 0 Å². The van der Waals surface area contributed by atoms with Gasteiger partial charge in [0.05, 0.1) is 12.6 Å². The molecule has 0 radical (unpaired) electrons. The summed E-state index contributed by atoms with van der Waals surface area (Å²) in [5.41, 5.74) is 2.42. The van der Waals surface area contributed by atoms with Gasteiger partial charge in [0, 0.05) is 30.8 Å². The summed E-state index contributed by atoms with van der Waals surface area (Å²) in [6.45, 7) is 3.55. The smallest absolute Gasteiger partial charge is 0.274 e. The fraction of sp³-hybridized carbons (Fsp3) is 0.389. The molecule has 124 valence electrons. The lowest BCUT2D eigenvalue weighted by molar-refractivity contribution is 0.0578. The average Bonchev–Trinajstić information content (AvgIpc) is 3.25. The van der Waals surface area contributed by atoms with Gasteiger partial charge < -0.3 is 9.30 Å². The van der Waals surface area contributed by atoms with Crippen molar-refractivity contribution in [3.05, 3.63) is 54.2 Å². The average molecular weight is 323 g/mol. The number of carbonyl (C=O) groups excluding carboxylic acids is 1. The summed E-state index contributed by atoms with van der Waals surface area (Å²) in [6, 6.07) is 8.01. The van der Waals surface area contributed by atoms with Crippen LogP contribution in [0.2, 0.25) is 0 Å². The molecular formula is C18H21N5O. The first-order valence-corrected chi connectivity index (χ1v) is 8.45. The van der Waals surface area contributed by atoms with Gasteiger partial charge in [-0.15, -0.1) is 0 Å². The van der Waals surface area contributed by atoms with Crippen LogP contribution >= 0.6 is 0 Å². The Hall–Kier alpha value is -2.63. The van der Waals surface area contributed by atoms with Crippen molar-refractivity contribution in [3.8, 4) is 0 Å². The summed E-state index contributed by atoms with van der Waals surface area (Å²) >= 11 is 0. The molecule has 1 aliphatic heterocycles. The summed E-state index contributed by atoms with van der Waals surface area (Å²) in [5, 5.41) is 4.28. The molecule has 6 nitrogen and oxygen atoms in total. The molecule has 0 aromatic carbocycles. The van der Waals surface area contributed by atoms with Crippen molar-refractivity contribution in [1.82, 2.24) is 24.1 Å². The van der Waals surface area contributed by atoms with Crippen LogP contribution in [0.5, 0.6) is 0 Å². The minimum atomic E-state index is 0.0231. The van der Waals surface area contributed by atoms with E-state index in [-0.39, 0.29) is 11.9 Å². The number of aromatic nitrogens is 4. The number of imidazole rings is 1. The van der Waals surface area contributed by atoms with Gasteiger partial charge in [0.2, 0.25) is 0 Å². The maximum absolute atomic E-state index is 13.0. The van der Waals surface area contributed by atoms with Crippen molar-refractivity contribution in [2.45, 2.75) is 38.8 Å². The molecule has 24 heavy (non-hydrogen) atoms. The van der Waals surface area contributed by atoms with Crippen LogP contribution in [0.15, 0.2) is 42.9 Å². The van der Waals surface area contributed by atoms with Crippen LogP contribution in [0.3, 0.4) is 0 Å². The van der Waals surface area contributed by atoms with Crippen LogP contribution in [0.25, 0.3) is 5.65 Å². The predicted molar refractivity (Wildman–Crippen MR) is 90.8 cm³/mol. The predicted octanol–water partition coefficient (Wildman–Crippen LogP) is 2.53. The molecule has 1 saturated heterocycles. The Morgan fingerprint density at radius 1 is 1.29 bits per heavy atom. The van der Waals surface area contributed by atoms with Gasteiger partial charge in [0.25, 0.3) is 5.91 Å². The number of nitrogens with zero attached hydrogens (tertiary/aromatic N) is 5. The third kappa shape index (κ3) is 2.68. The quantitative estimate of drug-likeness (QED) is 0.744. The Bertz CT molecular complexity index is 852. The lowest BCUT2D eigenvalue weighted by Gasteiger charge is -2.35. The molecule has 1 aliphatic rings. The van der Waals surface area contributed by atoms with E-state index in [4.69, 9.17) is 0 Å². The van der Waals surface area contributed by atoms with Gasteiger partial charge in [-0.3, -0.25) is 9.48 Å². The molecule has 1 fully saturated rings. The summed E-state index contributed by atoms with van der Waals surface area (Å²) < 4.78 is 3.88. The Morgan fingerprint density at radius 2 is 2.21 bits per heavy atom. The third-order valence-corrected chi connectivity index (χ3v) is 4.76. The molecule has 4 rings (SSSR count). The lowest BCUT2D eigenvalue weighted by Crippen LogP contribution is -2.46. The molecule has 6 heteroatoms. The maximum atomic E-state index is 13.0.